The number of amides is 1. The van der Waals surface area contributed by atoms with Gasteiger partial charge in [-0.3, -0.25) is 4.79 Å². The predicted molar refractivity (Wildman–Crippen MR) is 104 cm³/mol. The van der Waals surface area contributed by atoms with Gasteiger partial charge in [-0.1, -0.05) is 35.9 Å². The number of benzene rings is 3. The van der Waals surface area contributed by atoms with E-state index in [1.807, 2.05) is 25.1 Å². The van der Waals surface area contributed by atoms with E-state index < -0.39 is 5.97 Å². The number of carbonyl (C=O) groups excluding carboxylic acids is 2. The molecule has 0 aliphatic heterocycles. The largest absolute Gasteiger partial charge is 0.423 e. The number of nitrogens with zero attached hydrogens (tertiary/aromatic N) is 1. The minimum Gasteiger partial charge on any atom is -0.423 e. The zero-order chi connectivity index (χ0) is 19.1. The minimum absolute atomic E-state index is 0.282. The summed E-state index contributed by atoms with van der Waals surface area (Å²) in [5.74, 6) is -0.256. The summed E-state index contributed by atoms with van der Waals surface area (Å²) < 4.78 is 5.34. The van der Waals surface area contributed by atoms with E-state index in [-0.39, 0.29) is 5.91 Å². The molecule has 0 aliphatic carbocycles. The van der Waals surface area contributed by atoms with Crippen LogP contribution < -0.4 is 10.2 Å². The summed E-state index contributed by atoms with van der Waals surface area (Å²) in [7, 11) is 0. The summed E-state index contributed by atoms with van der Waals surface area (Å²) in [6.45, 7) is 1.96. The van der Waals surface area contributed by atoms with Gasteiger partial charge in [-0.2, -0.15) is 5.10 Å². The van der Waals surface area contributed by atoms with Crippen molar-refractivity contribution in [2.24, 2.45) is 5.10 Å². The van der Waals surface area contributed by atoms with Crippen molar-refractivity contribution in [3.05, 3.63) is 101 Å². The van der Waals surface area contributed by atoms with E-state index >= 15 is 0 Å². The third kappa shape index (κ3) is 5.12. The quantitative estimate of drug-likeness (QED) is 0.325. The highest BCUT2D eigenvalue weighted by Crippen LogP contribution is 2.14. The van der Waals surface area contributed by atoms with E-state index in [2.05, 4.69) is 10.5 Å². The molecule has 0 aliphatic rings. The predicted octanol–water partition coefficient (Wildman–Crippen LogP) is 3.98. The molecule has 1 amide bonds. The molecule has 0 spiro atoms. The molecule has 27 heavy (non-hydrogen) atoms. The number of hydrogen-bond acceptors (Lipinski definition) is 4. The lowest BCUT2D eigenvalue weighted by Crippen LogP contribution is -2.17. The van der Waals surface area contributed by atoms with E-state index in [0.717, 1.165) is 11.1 Å². The van der Waals surface area contributed by atoms with Crippen molar-refractivity contribution in [3.8, 4) is 5.75 Å². The number of rotatable bonds is 5. The highest BCUT2D eigenvalue weighted by molar-refractivity contribution is 5.95. The van der Waals surface area contributed by atoms with Crippen LogP contribution in [-0.4, -0.2) is 18.1 Å². The molecule has 3 rings (SSSR count). The Labute approximate surface area is 157 Å². The molecule has 0 bridgehead atoms. The minimum atomic E-state index is -0.411. The van der Waals surface area contributed by atoms with Gasteiger partial charge in [0.1, 0.15) is 5.75 Å². The Morgan fingerprint density at radius 2 is 1.52 bits per heavy atom. The first-order valence-electron chi connectivity index (χ1n) is 8.39. The van der Waals surface area contributed by atoms with Gasteiger partial charge in [-0.25, -0.2) is 10.2 Å². The van der Waals surface area contributed by atoms with Crippen molar-refractivity contribution in [1.29, 1.82) is 0 Å². The standard InChI is InChI=1S/C22H18N2O3/c1-16-7-11-19(12-8-16)22(26)27-20-13-9-17(10-14-20)15-23-24-21(25)18-5-3-2-4-6-18/h2-15H,1H3,(H,24,25). The Balaban J connectivity index is 1.56. The Morgan fingerprint density at radius 1 is 0.852 bits per heavy atom. The van der Waals surface area contributed by atoms with Gasteiger partial charge in [0.25, 0.3) is 5.91 Å². The lowest BCUT2D eigenvalue weighted by atomic mass is 10.1. The summed E-state index contributed by atoms with van der Waals surface area (Å²) >= 11 is 0. The summed E-state index contributed by atoms with van der Waals surface area (Å²) in [5.41, 5.74) is 5.34. The lowest BCUT2D eigenvalue weighted by Gasteiger charge is -2.05. The van der Waals surface area contributed by atoms with Gasteiger partial charge in [0.2, 0.25) is 0 Å². The van der Waals surface area contributed by atoms with Crippen molar-refractivity contribution >= 4 is 18.1 Å². The molecule has 0 fully saturated rings. The number of ether oxygens (including phenoxy) is 1. The molecule has 5 nitrogen and oxygen atoms in total. The van der Waals surface area contributed by atoms with Crippen LogP contribution in [0.5, 0.6) is 5.75 Å². The Bertz CT molecular complexity index is 947. The number of carbonyl (C=O) groups is 2. The highest BCUT2D eigenvalue weighted by atomic mass is 16.5. The molecule has 0 saturated carbocycles. The van der Waals surface area contributed by atoms with E-state index in [0.29, 0.717) is 16.9 Å². The van der Waals surface area contributed by atoms with Crippen molar-refractivity contribution in [2.75, 3.05) is 0 Å². The normalized spacial score (nSPS) is 10.6. The second-order valence-corrected chi connectivity index (χ2v) is 5.89. The molecule has 0 saturated heterocycles. The Kier molecular flexibility index (Phi) is 5.74. The van der Waals surface area contributed by atoms with Crippen LogP contribution in [0.1, 0.15) is 31.8 Å². The van der Waals surface area contributed by atoms with Crippen LogP contribution >= 0.6 is 0 Å². The first kappa shape index (κ1) is 18.1. The smallest absolute Gasteiger partial charge is 0.343 e. The average molecular weight is 358 g/mol. The topological polar surface area (TPSA) is 67.8 Å². The fourth-order valence-corrected chi connectivity index (χ4v) is 2.30. The zero-order valence-electron chi connectivity index (χ0n) is 14.8. The number of hydrogen-bond donors (Lipinski definition) is 1. The number of nitrogens with one attached hydrogen (secondary N) is 1. The summed E-state index contributed by atoms with van der Waals surface area (Å²) in [6, 6.07) is 22.9. The molecule has 5 heteroatoms. The maximum Gasteiger partial charge on any atom is 0.343 e. The van der Waals surface area contributed by atoms with E-state index in [1.54, 1.807) is 60.7 Å². The third-order valence-electron chi connectivity index (χ3n) is 3.79. The molecular formula is C22H18N2O3. The maximum atomic E-state index is 12.1. The first-order chi connectivity index (χ1) is 13.1. The van der Waals surface area contributed by atoms with Crippen LogP contribution in [0.2, 0.25) is 0 Å². The summed E-state index contributed by atoms with van der Waals surface area (Å²) in [4.78, 5) is 24.0. The summed E-state index contributed by atoms with van der Waals surface area (Å²) in [6.07, 6.45) is 1.52. The molecule has 0 unspecified atom stereocenters. The van der Waals surface area contributed by atoms with Gasteiger partial charge in [0, 0.05) is 5.56 Å². The molecule has 0 aromatic heterocycles. The van der Waals surface area contributed by atoms with Crippen LogP contribution in [0.4, 0.5) is 0 Å². The SMILES string of the molecule is Cc1ccc(C(=O)Oc2ccc(C=NNC(=O)c3ccccc3)cc2)cc1. The molecule has 0 radical (unpaired) electrons. The van der Waals surface area contributed by atoms with Crippen LogP contribution in [0.3, 0.4) is 0 Å². The Morgan fingerprint density at radius 3 is 2.19 bits per heavy atom. The van der Waals surface area contributed by atoms with Gasteiger partial charge in [-0.05, 0) is 61.0 Å². The fourth-order valence-electron chi connectivity index (χ4n) is 2.30. The number of esters is 1. The average Bonchev–Trinajstić information content (AvgIpc) is 2.70. The second kappa shape index (κ2) is 8.58. The van der Waals surface area contributed by atoms with Crippen molar-refractivity contribution in [1.82, 2.24) is 5.43 Å². The van der Waals surface area contributed by atoms with Crippen molar-refractivity contribution < 1.29 is 14.3 Å². The molecule has 3 aromatic carbocycles. The maximum absolute atomic E-state index is 12.1. The van der Waals surface area contributed by atoms with Crippen molar-refractivity contribution in [3.63, 3.8) is 0 Å². The van der Waals surface area contributed by atoms with Gasteiger partial charge >= 0.3 is 5.97 Å². The van der Waals surface area contributed by atoms with E-state index in [9.17, 15) is 9.59 Å². The third-order valence-corrected chi connectivity index (χ3v) is 3.79. The number of aryl methyl sites for hydroxylation is 1. The highest BCUT2D eigenvalue weighted by Gasteiger charge is 2.08. The monoisotopic (exact) mass is 358 g/mol. The van der Waals surface area contributed by atoms with Crippen LogP contribution in [0.15, 0.2) is 84.0 Å². The zero-order valence-corrected chi connectivity index (χ0v) is 14.8. The van der Waals surface area contributed by atoms with Crippen molar-refractivity contribution in [2.45, 2.75) is 6.92 Å². The van der Waals surface area contributed by atoms with Crippen LogP contribution in [0, 0.1) is 6.92 Å². The molecule has 0 heterocycles. The summed E-state index contributed by atoms with van der Waals surface area (Å²) in [5, 5.41) is 3.93. The fraction of sp³-hybridized carbons (Fsp3) is 0.0455. The molecule has 1 N–H and O–H groups in total. The van der Waals surface area contributed by atoms with Gasteiger partial charge in [0.05, 0.1) is 11.8 Å². The van der Waals surface area contributed by atoms with Gasteiger partial charge in [0.15, 0.2) is 0 Å². The first-order valence-corrected chi connectivity index (χ1v) is 8.39. The van der Waals surface area contributed by atoms with Gasteiger partial charge in [-0.15, -0.1) is 0 Å². The van der Waals surface area contributed by atoms with Gasteiger partial charge < -0.3 is 4.74 Å². The molecule has 0 atom stereocenters. The molecule has 134 valence electrons. The Hall–Kier alpha value is -3.73. The molecule has 3 aromatic rings. The lowest BCUT2D eigenvalue weighted by molar-refractivity contribution is 0.0734. The number of hydrazone groups is 1. The second-order valence-electron chi connectivity index (χ2n) is 5.89. The van der Waals surface area contributed by atoms with Crippen LogP contribution in [-0.2, 0) is 0 Å². The van der Waals surface area contributed by atoms with Crippen LogP contribution in [0.25, 0.3) is 0 Å². The van der Waals surface area contributed by atoms with E-state index in [4.69, 9.17) is 4.74 Å². The van der Waals surface area contributed by atoms with E-state index in [1.165, 1.54) is 6.21 Å². The molecular weight excluding hydrogens is 340 g/mol.